The lowest BCUT2D eigenvalue weighted by molar-refractivity contribution is 0.415. The standard InChI is InChI=1S/C23H24N2OS/c1-23(18-9-5-3-6-10-18,19-11-7-4-8-12-19)17-24-22(27)25-20-13-15-21(26-2)16-14-20/h3-16H,17H2,1-2H3,(H2,24,25,27). The number of nitrogens with one attached hydrogen (secondary N) is 2. The molecule has 0 unspecified atom stereocenters. The predicted octanol–water partition coefficient (Wildman–Crippen LogP) is 4.99. The van der Waals surface area contributed by atoms with Crippen molar-refractivity contribution in [3.05, 3.63) is 96.1 Å². The average Bonchev–Trinajstić information content (AvgIpc) is 2.74. The number of anilines is 1. The van der Waals surface area contributed by atoms with E-state index in [4.69, 9.17) is 17.0 Å². The van der Waals surface area contributed by atoms with E-state index in [-0.39, 0.29) is 5.41 Å². The summed E-state index contributed by atoms with van der Waals surface area (Å²) in [6, 6.07) is 28.7. The van der Waals surface area contributed by atoms with Gasteiger partial charge in [0.05, 0.1) is 7.11 Å². The van der Waals surface area contributed by atoms with E-state index in [0.29, 0.717) is 11.7 Å². The fourth-order valence-electron chi connectivity index (χ4n) is 3.09. The molecule has 0 saturated heterocycles. The molecule has 0 aliphatic rings. The first-order chi connectivity index (χ1) is 13.1. The number of ether oxygens (including phenoxy) is 1. The molecule has 3 nitrogen and oxygen atoms in total. The summed E-state index contributed by atoms with van der Waals surface area (Å²) >= 11 is 5.51. The minimum atomic E-state index is -0.200. The summed E-state index contributed by atoms with van der Waals surface area (Å²) < 4.78 is 5.19. The number of benzene rings is 3. The normalized spacial score (nSPS) is 10.9. The molecule has 4 heteroatoms. The molecule has 0 heterocycles. The van der Waals surface area contributed by atoms with Crippen molar-refractivity contribution < 1.29 is 4.74 Å². The maximum Gasteiger partial charge on any atom is 0.170 e. The van der Waals surface area contributed by atoms with Gasteiger partial charge in [-0.25, -0.2) is 0 Å². The quantitative estimate of drug-likeness (QED) is 0.594. The Kier molecular flexibility index (Phi) is 6.09. The number of methoxy groups -OCH3 is 1. The molecule has 0 saturated carbocycles. The van der Waals surface area contributed by atoms with Crippen molar-refractivity contribution in [1.82, 2.24) is 5.32 Å². The average molecular weight is 377 g/mol. The van der Waals surface area contributed by atoms with Crippen LogP contribution in [0, 0.1) is 0 Å². The highest BCUT2D eigenvalue weighted by Crippen LogP contribution is 2.31. The van der Waals surface area contributed by atoms with Gasteiger partial charge in [-0.1, -0.05) is 60.7 Å². The molecule has 0 spiro atoms. The summed E-state index contributed by atoms with van der Waals surface area (Å²) in [4.78, 5) is 0. The molecule has 3 aromatic rings. The zero-order chi connectivity index (χ0) is 19.1. The molecular weight excluding hydrogens is 352 g/mol. The van der Waals surface area contributed by atoms with Crippen molar-refractivity contribution in [3.8, 4) is 5.75 Å². The van der Waals surface area contributed by atoms with Crippen LogP contribution in [0.1, 0.15) is 18.1 Å². The molecule has 0 bridgehead atoms. The molecule has 0 aliphatic carbocycles. The third-order valence-electron chi connectivity index (χ3n) is 4.77. The van der Waals surface area contributed by atoms with E-state index in [0.717, 1.165) is 11.4 Å². The van der Waals surface area contributed by atoms with Crippen LogP contribution in [-0.2, 0) is 5.41 Å². The molecule has 0 amide bonds. The fourth-order valence-corrected chi connectivity index (χ4v) is 3.28. The van der Waals surface area contributed by atoms with Crippen molar-refractivity contribution in [1.29, 1.82) is 0 Å². The van der Waals surface area contributed by atoms with E-state index in [1.54, 1.807) is 7.11 Å². The summed E-state index contributed by atoms with van der Waals surface area (Å²) in [6.45, 7) is 2.92. The maximum atomic E-state index is 5.51. The van der Waals surface area contributed by atoms with Gasteiger partial charge in [0.2, 0.25) is 0 Å². The van der Waals surface area contributed by atoms with Gasteiger partial charge >= 0.3 is 0 Å². The summed E-state index contributed by atoms with van der Waals surface area (Å²) in [6.07, 6.45) is 0. The number of rotatable bonds is 6. The zero-order valence-corrected chi connectivity index (χ0v) is 16.4. The van der Waals surface area contributed by atoms with E-state index in [2.05, 4.69) is 66.1 Å². The maximum absolute atomic E-state index is 5.51. The lowest BCUT2D eigenvalue weighted by Gasteiger charge is -2.32. The van der Waals surface area contributed by atoms with Crippen LogP contribution in [-0.4, -0.2) is 18.8 Å². The highest BCUT2D eigenvalue weighted by Gasteiger charge is 2.28. The van der Waals surface area contributed by atoms with Crippen LogP contribution in [0.2, 0.25) is 0 Å². The van der Waals surface area contributed by atoms with Crippen LogP contribution < -0.4 is 15.4 Å². The third kappa shape index (κ3) is 4.66. The Hall–Kier alpha value is -2.85. The Morgan fingerprint density at radius 1 is 0.852 bits per heavy atom. The minimum Gasteiger partial charge on any atom is -0.497 e. The van der Waals surface area contributed by atoms with Gasteiger partial charge in [-0.15, -0.1) is 0 Å². The van der Waals surface area contributed by atoms with Crippen molar-refractivity contribution in [2.75, 3.05) is 19.0 Å². The number of thiocarbonyl (C=S) groups is 1. The summed E-state index contributed by atoms with van der Waals surface area (Å²) in [5.74, 6) is 0.820. The SMILES string of the molecule is COc1ccc(NC(=S)NCC(C)(c2ccccc2)c2ccccc2)cc1. The van der Waals surface area contributed by atoms with Gasteiger partial charge in [0.25, 0.3) is 0 Å². The molecule has 0 radical (unpaired) electrons. The molecule has 138 valence electrons. The van der Waals surface area contributed by atoms with Gasteiger partial charge in [-0.3, -0.25) is 0 Å². The molecular formula is C23H24N2OS. The van der Waals surface area contributed by atoms with Crippen LogP contribution in [0.5, 0.6) is 5.75 Å². The molecule has 2 N–H and O–H groups in total. The van der Waals surface area contributed by atoms with Gasteiger partial charge < -0.3 is 15.4 Å². The second kappa shape index (κ2) is 8.69. The van der Waals surface area contributed by atoms with Crippen molar-refractivity contribution >= 4 is 23.0 Å². The van der Waals surface area contributed by atoms with Gasteiger partial charge in [-0.05, 0) is 54.5 Å². The topological polar surface area (TPSA) is 33.3 Å². The Bertz CT molecular complexity index is 824. The van der Waals surface area contributed by atoms with E-state index in [9.17, 15) is 0 Å². The van der Waals surface area contributed by atoms with Crippen LogP contribution in [0.15, 0.2) is 84.9 Å². The first kappa shape index (κ1) is 18.9. The van der Waals surface area contributed by atoms with Gasteiger partial charge in [-0.2, -0.15) is 0 Å². The Balaban J connectivity index is 1.74. The predicted molar refractivity (Wildman–Crippen MR) is 117 cm³/mol. The van der Waals surface area contributed by atoms with Gasteiger partial charge in [0, 0.05) is 17.6 Å². The second-order valence-corrected chi connectivity index (χ2v) is 7.01. The van der Waals surface area contributed by atoms with Crippen LogP contribution in [0.3, 0.4) is 0 Å². The first-order valence-corrected chi connectivity index (χ1v) is 9.32. The fraction of sp³-hybridized carbons (Fsp3) is 0.174. The molecule has 0 fully saturated rings. The lowest BCUT2D eigenvalue weighted by Crippen LogP contribution is -2.41. The van der Waals surface area contributed by atoms with E-state index < -0.39 is 0 Å². The van der Waals surface area contributed by atoms with E-state index >= 15 is 0 Å². The highest BCUT2D eigenvalue weighted by atomic mass is 32.1. The molecule has 0 atom stereocenters. The Morgan fingerprint density at radius 2 is 1.37 bits per heavy atom. The Morgan fingerprint density at radius 3 is 1.85 bits per heavy atom. The van der Waals surface area contributed by atoms with Gasteiger partial charge in [0.15, 0.2) is 5.11 Å². The van der Waals surface area contributed by atoms with E-state index in [1.165, 1.54) is 11.1 Å². The first-order valence-electron chi connectivity index (χ1n) is 8.92. The van der Waals surface area contributed by atoms with E-state index in [1.807, 2.05) is 36.4 Å². The highest BCUT2D eigenvalue weighted by molar-refractivity contribution is 7.80. The number of hydrogen-bond acceptors (Lipinski definition) is 2. The number of hydrogen-bond donors (Lipinski definition) is 2. The summed E-state index contributed by atoms with van der Waals surface area (Å²) in [5, 5.41) is 7.22. The van der Waals surface area contributed by atoms with Crippen LogP contribution >= 0.6 is 12.2 Å². The van der Waals surface area contributed by atoms with Crippen LogP contribution in [0.4, 0.5) is 5.69 Å². The van der Waals surface area contributed by atoms with Crippen molar-refractivity contribution in [2.45, 2.75) is 12.3 Å². The smallest absolute Gasteiger partial charge is 0.170 e. The van der Waals surface area contributed by atoms with Gasteiger partial charge in [0.1, 0.15) is 5.75 Å². The Labute approximate surface area is 166 Å². The van der Waals surface area contributed by atoms with Crippen molar-refractivity contribution in [2.24, 2.45) is 0 Å². The zero-order valence-electron chi connectivity index (χ0n) is 15.6. The lowest BCUT2D eigenvalue weighted by atomic mass is 9.76. The third-order valence-corrected chi connectivity index (χ3v) is 5.02. The summed E-state index contributed by atoms with van der Waals surface area (Å²) in [7, 11) is 1.66. The molecule has 0 aromatic heterocycles. The molecule has 3 aromatic carbocycles. The monoisotopic (exact) mass is 376 g/mol. The second-order valence-electron chi connectivity index (χ2n) is 6.60. The summed E-state index contributed by atoms with van der Waals surface area (Å²) in [5.41, 5.74) is 3.22. The van der Waals surface area contributed by atoms with Crippen LogP contribution in [0.25, 0.3) is 0 Å². The largest absolute Gasteiger partial charge is 0.497 e. The molecule has 3 rings (SSSR count). The molecule has 0 aliphatic heterocycles. The van der Waals surface area contributed by atoms with Crippen molar-refractivity contribution in [3.63, 3.8) is 0 Å². The molecule has 27 heavy (non-hydrogen) atoms. The minimum absolute atomic E-state index is 0.200.